The van der Waals surface area contributed by atoms with E-state index in [9.17, 15) is 21.6 Å². The van der Waals surface area contributed by atoms with Crippen LogP contribution in [0.2, 0.25) is 0 Å². The van der Waals surface area contributed by atoms with Gasteiger partial charge in [0, 0.05) is 32.6 Å². The highest BCUT2D eigenvalue weighted by molar-refractivity contribution is 7.89. The molecule has 30 heavy (non-hydrogen) atoms. The van der Waals surface area contributed by atoms with Crippen LogP contribution >= 0.6 is 0 Å². The first-order chi connectivity index (χ1) is 14.2. The number of hydrogen-bond donors (Lipinski definition) is 0. The van der Waals surface area contributed by atoms with E-state index in [4.69, 9.17) is 0 Å². The van der Waals surface area contributed by atoms with Gasteiger partial charge in [0.25, 0.3) is 0 Å². The Morgan fingerprint density at radius 1 is 0.967 bits per heavy atom. The molecule has 0 aliphatic carbocycles. The zero-order valence-corrected chi connectivity index (χ0v) is 16.9. The Kier molecular flexibility index (Phi) is 5.14. The van der Waals surface area contributed by atoms with Gasteiger partial charge in [0.05, 0.1) is 10.5 Å². The molecule has 0 radical (unpaired) electrons. The topological polar surface area (TPSA) is 83.7 Å². The van der Waals surface area contributed by atoms with Gasteiger partial charge < -0.3 is 4.90 Å². The SMILES string of the molecule is CCc1nnc2ccc(N3CCN(S(=O)(=O)c4ccc(C(F)(F)F)cc4)CC3)nn12. The molecule has 0 bridgehead atoms. The van der Waals surface area contributed by atoms with E-state index in [1.54, 1.807) is 10.6 Å². The highest BCUT2D eigenvalue weighted by atomic mass is 32.2. The molecule has 4 rings (SSSR count). The average Bonchev–Trinajstić information content (AvgIpc) is 3.15. The van der Waals surface area contributed by atoms with E-state index in [-0.39, 0.29) is 18.0 Å². The molecule has 8 nitrogen and oxygen atoms in total. The minimum atomic E-state index is -4.51. The van der Waals surface area contributed by atoms with Crippen molar-refractivity contribution in [2.75, 3.05) is 31.1 Å². The van der Waals surface area contributed by atoms with Crippen molar-refractivity contribution in [1.29, 1.82) is 0 Å². The number of benzene rings is 1. The Labute approximate surface area is 171 Å². The third-order valence-corrected chi connectivity index (χ3v) is 6.92. The Morgan fingerprint density at radius 3 is 2.23 bits per heavy atom. The molecule has 1 aromatic carbocycles. The monoisotopic (exact) mass is 440 g/mol. The first kappa shape index (κ1) is 20.5. The molecular weight excluding hydrogens is 421 g/mol. The van der Waals surface area contributed by atoms with E-state index in [0.717, 1.165) is 30.1 Å². The van der Waals surface area contributed by atoms with Gasteiger partial charge >= 0.3 is 6.18 Å². The number of aromatic nitrogens is 4. The van der Waals surface area contributed by atoms with Crippen molar-refractivity contribution < 1.29 is 21.6 Å². The highest BCUT2D eigenvalue weighted by Crippen LogP contribution is 2.30. The Morgan fingerprint density at radius 2 is 1.63 bits per heavy atom. The number of sulfonamides is 1. The van der Waals surface area contributed by atoms with Gasteiger partial charge in [-0.15, -0.1) is 15.3 Å². The van der Waals surface area contributed by atoms with Crippen molar-refractivity contribution in [3.05, 3.63) is 47.8 Å². The fraction of sp³-hybridized carbons (Fsp3) is 0.389. The fourth-order valence-corrected chi connectivity index (χ4v) is 4.76. The van der Waals surface area contributed by atoms with Crippen LogP contribution in [0.1, 0.15) is 18.3 Å². The molecule has 0 atom stereocenters. The Bertz CT molecular complexity index is 1150. The van der Waals surface area contributed by atoms with Gasteiger partial charge in [0.2, 0.25) is 10.0 Å². The number of halogens is 3. The second-order valence-corrected chi connectivity index (χ2v) is 8.78. The van der Waals surface area contributed by atoms with Crippen LogP contribution in [0.4, 0.5) is 19.0 Å². The molecule has 12 heteroatoms. The molecule has 0 N–H and O–H groups in total. The summed E-state index contributed by atoms with van der Waals surface area (Å²) in [5, 5.41) is 12.7. The molecule has 1 aliphatic rings. The molecule has 0 unspecified atom stereocenters. The lowest BCUT2D eigenvalue weighted by Crippen LogP contribution is -2.49. The number of rotatable bonds is 4. The summed E-state index contributed by atoms with van der Waals surface area (Å²) in [4.78, 5) is 1.80. The molecule has 0 saturated carbocycles. The van der Waals surface area contributed by atoms with Gasteiger partial charge in [-0.25, -0.2) is 8.42 Å². The number of piperazine rings is 1. The van der Waals surface area contributed by atoms with Crippen LogP contribution in [0.25, 0.3) is 5.65 Å². The van der Waals surface area contributed by atoms with Gasteiger partial charge in [-0.2, -0.15) is 22.0 Å². The number of aryl methyl sites for hydroxylation is 1. The summed E-state index contributed by atoms with van der Waals surface area (Å²) in [7, 11) is -3.87. The third-order valence-electron chi connectivity index (χ3n) is 5.01. The molecule has 0 spiro atoms. The normalized spacial score (nSPS) is 16.3. The van der Waals surface area contributed by atoms with Crippen LogP contribution in [-0.4, -0.2) is 58.7 Å². The quantitative estimate of drug-likeness (QED) is 0.619. The molecule has 160 valence electrons. The molecule has 3 aromatic rings. The van der Waals surface area contributed by atoms with Crippen molar-refractivity contribution >= 4 is 21.5 Å². The van der Waals surface area contributed by atoms with Gasteiger partial charge in [-0.05, 0) is 36.4 Å². The lowest BCUT2D eigenvalue weighted by Gasteiger charge is -2.34. The molecule has 1 saturated heterocycles. The lowest BCUT2D eigenvalue weighted by atomic mass is 10.2. The van der Waals surface area contributed by atoms with Gasteiger partial charge in [-0.1, -0.05) is 6.92 Å². The van der Waals surface area contributed by atoms with Gasteiger partial charge in [0.1, 0.15) is 5.82 Å². The van der Waals surface area contributed by atoms with Crippen LogP contribution in [0.5, 0.6) is 0 Å². The predicted octanol–water partition coefficient (Wildman–Crippen LogP) is 2.22. The summed E-state index contributed by atoms with van der Waals surface area (Å²) in [6, 6.07) is 7.18. The molecular formula is C18H19F3N6O2S. The lowest BCUT2D eigenvalue weighted by molar-refractivity contribution is -0.137. The first-order valence-electron chi connectivity index (χ1n) is 9.34. The first-order valence-corrected chi connectivity index (χ1v) is 10.8. The summed E-state index contributed by atoms with van der Waals surface area (Å²) >= 11 is 0. The number of alkyl halides is 3. The minimum absolute atomic E-state index is 0.152. The van der Waals surface area contributed by atoms with E-state index in [1.165, 1.54) is 4.31 Å². The maximum absolute atomic E-state index is 12.8. The van der Waals surface area contributed by atoms with Crippen molar-refractivity contribution in [3.8, 4) is 0 Å². The summed E-state index contributed by atoms with van der Waals surface area (Å²) in [6.45, 7) is 3.16. The number of hydrogen-bond acceptors (Lipinski definition) is 6. The number of fused-ring (bicyclic) bond motifs is 1. The molecule has 0 amide bonds. The summed E-state index contributed by atoms with van der Waals surface area (Å²) in [6.07, 6.45) is -3.83. The van der Waals surface area contributed by atoms with E-state index >= 15 is 0 Å². The Balaban J connectivity index is 1.48. The summed E-state index contributed by atoms with van der Waals surface area (Å²) in [5.41, 5.74) is -0.243. The van der Waals surface area contributed by atoms with Crippen LogP contribution in [0.15, 0.2) is 41.3 Å². The van der Waals surface area contributed by atoms with Crippen LogP contribution in [0, 0.1) is 0 Å². The highest BCUT2D eigenvalue weighted by Gasteiger charge is 2.32. The standard InChI is InChI=1S/C18H19F3N6O2S/c1-2-15-22-23-16-7-8-17(24-27(15)16)25-9-11-26(12-10-25)30(28,29)14-5-3-13(4-6-14)18(19,20)21/h3-8H,2,9-12H2,1H3. The minimum Gasteiger partial charge on any atom is -0.353 e. The van der Waals surface area contributed by atoms with Gasteiger partial charge in [0.15, 0.2) is 11.5 Å². The molecule has 1 aliphatic heterocycles. The van der Waals surface area contributed by atoms with E-state index in [1.807, 2.05) is 17.9 Å². The van der Waals surface area contributed by atoms with E-state index < -0.39 is 21.8 Å². The third kappa shape index (κ3) is 3.72. The summed E-state index contributed by atoms with van der Waals surface area (Å²) in [5.74, 6) is 1.42. The zero-order valence-electron chi connectivity index (χ0n) is 16.0. The maximum Gasteiger partial charge on any atom is 0.416 e. The second-order valence-electron chi connectivity index (χ2n) is 6.84. The average molecular weight is 440 g/mol. The predicted molar refractivity (Wildman–Crippen MR) is 103 cm³/mol. The number of nitrogens with zero attached hydrogens (tertiary/aromatic N) is 6. The van der Waals surface area contributed by atoms with E-state index in [0.29, 0.717) is 31.0 Å². The molecule has 1 fully saturated rings. The van der Waals surface area contributed by atoms with Crippen LogP contribution < -0.4 is 4.90 Å². The van der Waals surface area contributed by atoms with Crippen molar-refractivity contribution in [2.45, 2.75) is 24.4 Å². The van der Waals surface area contributed by atoms with Crippen LogP contribution in [0.3, 0.4) is 0 Å². The van der Waals surface area contributed by atoms with Crippen LogP contribution in [-0.2, 0) is 22.6 Å². The Hall–Kier alpha value is -2.73. The number of anilines is 1. The smallest absolute Gasteiger partial charge is 0.353 e. The van der Waals surface area contributed by atoms with E-state index in [2.05, 4.69) is 15.3 Å². The second kappa shape index (κ2) is 7.51. The van der Waals surface area contributed by atoms with Crippen molar-refractivity contribution in [1.82, 2.24) is 24.1 Å². The largest absolute Gasteiger partial charge is 0.416 e. The molecule has 3 heterocycles. The fourth-order valence-electron chi connectivity index (χ4n) is 3.34. The van der Waals surface area contributed by atoms with Crippen molar-refractivity contribution in [2.24, 2.45) is 0 Å². The van der Waals surface area contributed by atoms with Gasteiger partial charge in [-0.3, -0.25) is 0 Å². The van der Waals surface area contributed by atoms with Crippen molar-refractivity contribution in [3.63, 3.8) is 0 Å². The summed E-state index contributed by atoms with van der Waals surface area (Å²) < 4.78 is 66.7. The zero-order chi connectivity index (χ0) is 21.5. The maximum atomic E-state index is 12.8. The molecule has 2 aromatic heterocycles.